The van der Waals surface area contributed by atoms with Crippen LogP contribution in [0.5, 0.6) is 5.88 Å². The number of ether oxygens (including phenoxy) is 1. The third kappa shape index (κ3) is 2.85. The van der Waals surface area contributed by atoms with Gasteiger partial charge in [-0.15, -0.1) is 0 Å². The van der Waals surface area contributed by atoms with E-state index in [1.165, 1.54) is 0 Å². The Kier molecular flexibility index (Phi) is 3.47. The Morgan fingerprint density at radius 1 is 1.41 bits per heavy atom. The number of anilines is 1. The number of hydrogen-bond donors (Lipinski definition) is 2. The fraction of sp³-hybridized carbons (Fsp3) is 0.667. The predicted molar refractivity (Wildman–Crippen MR) is 66.9 cm³/mol. The number of hydrogen-bond acceptors (Lipinski definition) is 5. The van der Waals surface area contributed by atoms with Crippen LogP contribution >= 0.6 is 0 Å². The van der Waals surface area contributed by atoms with Crippen molar-refractivity contribution in [1.82, 2.24) is 9.97 Å². The maximum Gasteiger partial charge on any atom is 0.221 e. The summed E-state index contributed by atoms with van der Waals surface area (Å²) >= 11 is 0. The third-order valence-corrected chi connectivity index (χ3v) is 2.75. The molecular weight excluding hydrogens is 216 g/mol. The molecule has 1 aromatic rings. The van der Waals surface area contributed by atoms with Crippen molar-refractivity contribution in [2.24, 2.45) is 11.8 Å². The molecule has 5 nitrogen and oxygen atoms in total. The lowest BCUT2D eigenvalue weighted by atomic mass is 10.2. The molecule has 0 radical (unpaired) electrons. The summed E-state index contributed by atoms with van der Waals surface area (Å²) in [4.78, 5) is 8.90. The van der Waals surface area contributed by atoms with Crippen molar-refractivity contribution < 1.29 is 4.74 Å². The number of nitrogen functional groups attached to an aromatic ring is 1. The average molecular weight is 236 g/mol. The van der Waals surface area contributed by atoms with E-state index in [4.69, 9.17) is 10.6 Å². The highest BCUT2D eigenvalue weighted by Gasteiger charge is 2.28. The normalized spacial score (nSPS) is 15.1. The Hall–Kier alpha value is -1.36. The molecule has 1 heterocycles. The van der Waals surface area contributed by atoms with Crippen LogP contribution in [0.4, 0.5) is 5.82 Å². The lowest BCUT2D eigenvalue weighted by Gasteiger charge is -2.13. The Morgan fingerprint density at radius 3 is 2.65 bits per heavy atom. The van der Waals surface area contributed by atoms with Gasteiger partial charge in [-0.25, -0.2) is 10.8 Å². The van der Waals surface area contributed by atoms with E-state index >= 15 is 0 Å². The summed E-state index contributed by atoms with van der Waals surface area (Å²) in [6.07, 6.45) is 2.33. The lowest BCUT2D eigenvalue weighted by molar-refractivity contribution is 0.258. The molecule has 1 saturated carbocycles. The van der Waals surface area contributed by atoms with Gasteiger partial charge >= 0.3 is 0 Å². The van der Waals surface area contributed by atoms with Gasteiger partial charge < -0.3 is 10.2 Å². The Bertz CT molecular complexity index is 402. The topological polar surface area (TPSA) is 73.1 Å². The van der Waals surface area contributed by atoms with Gasteiger partial charge in [0.25, 0.3) is 0 Å². The molecule has 3 N–H and O–H groups in total. The van der Waals surface area contributed by atoms with E-state index in [0.717, 1.165) is 24.2 Å². The summed E-state index contributed by atoms with van der Waals surface area (Å²) in [5.41, 5.74) is 3.49. The van der Waals surface area contributed by atoms with Crippen LogP contribution in [0.3, 0.4) is 0 Å². The molecule has 0 bridgehead atoms. The van der Waals surface area contributed by atoms with Gasteiger partial charge in [0.1, 0.15) is 11.6 Å². The van der Waals surface area contributed by atoms with Crippen LogP contribution in [0.1, 0.15) is 44.0 Å². The summed E-state index contributed by atoms with van der Waals surface area (Å²) in [6, 6.07) is 0. The van der Waals surface area contributed by atoms with E-state index < -0.39 is 0 Å². The second kappa shape index (κ2) is 4.87. The van der Waals surface area contributed by atoms with Gasteiger partial charge in [0.2, 0.25) is 5.88 Å². The number of hydrazine groups is 1. The largest absolute Gasteiger partial charge is 0.477 e. The molecule has 0 atom stereocenters. The van der Waals surface area contributed by atoms with Crippen LogP contribution in [0, 0.1) is 12.8 Å². The van der Waals surface area contributed by atoms with Crippen molar-refractivity contribution in [2.75, 3.05) is 12.0 Å². The zero-order valence-electron chi connectivity index (χ0n) is 10.7. The maximum atomic E-state index is 5.71. The van der Waals surface area contributed by atoms with E-state index in [0.29, 0.717) is 30.1 Å². The van der Waals surface area contributed by atoms with Crippen molar-refractivity contribution in [3.63, 3.8) is 0 Å². The maximum absolute atomic E-state index is 5.71. The molecule has 0 unspecified atom stereocenters. The number of nitrogens with zero attached hydrogens (tertiary/aromatic N) is 2. The first kappa shape index (κ1) is 12.1. The van der Waals surface area contributed by atoms with Crippen LogP contribution in [0.2, 0.25) is 0 Å². The standard InChI is InChI=1S/C12H20N4O/c1-7(2)6-17-12-8(3)10(16-13)14-11(15-12)9-4-5-9/h7,9H,4-6,13H2,1-3H3,(H,14,15,16). The van der Waals surface area contributed by atoms with E-state index in [-0.39, 0.29) is 0 Å². The quantitative estimate of drug-likeness (QED) is 0.604. The molecule has 0 saturated heterocycles. The van der Waals surface area contributed by atoms with Gasteiger partial charge in [0.15, 0.2) is 0 Å². The first-order valence-corrected chi connectivity index (χ1v) is 6.09. The fourth-order valence-electron chi connectivity index (χ4n) is 1.56. The Morgan fingerprint density at radius 2 is 2.12 bits per heavy atom. The minimum Gasteiger partial charge on any atom is -0.477 e. The smallest absolute Gasteiger partial charge is 0.221 e. The summed E-state index contributed by atoms with van der Waals surface area (Å²) in [5, 5.41) is 0. The molecule has 0 aliphatic heterocycles. The Balaban J connectivity index is 2.24. The van der Waals surface area contributed by atoms with Crippen LogP contribution in [-0.2, 0) is 0 Å². The number of rotatable bonds is 5. The number of nitrogens with one attached hydrogen (secondary N) is 1. The average Bonchev–Trinajstić information content (AvgIpc) is 3.11. The van der Waals surface area contributed by atoms with Crippen LogP contribution < -0.4 is 16.0 Å². The van der Waals surface area contributed by atoms with Gasteiger partial charge in [-0.05, 0) is 25.7 Å². The van der Waals surface area contributed by atoms with Gasteiger partial charge in [0, 0.05) is 5.92 Å². The van der Waals surface area contributed by atoms with Crippen LogP contribution in [-0.4, -0.2) is 16.6 Å². The van der Waals surface area contributed by atoms with Crippen molar-refractivity contribution in [3.05, 3.63) is 11.4 Å². The molecule has 0 spiro atoms. The number of nitrogens with two attached hydrogens (primary N) is 1. The van der Waals surface area contributed by atoms with Crippen molar-refractivity contribution in [3.8, 4) is 5.88 Å². The van der Waals surface area contributed by atoms with Crippen LogP contribution in [0.15, 0.2) is 0 Å². The molecular formula is C12H20N4O. The first-order chi connectivity index (χ1) is 8.11. The summed E-state index contributed by atoms with van der Waals surface area (Å²) in [5.74, 6) is 8.61. The highest BCUT2D eigenvalue weighted by Crippen LogP contribution is 2.39. The number of aromatic nitrogens is 2. The van der Waals surface area contributed by atoms with Gasteiger partial charge in [-0.1, -0.05) is 13.8 Å². The Labute approximate surface area is 102 Å². The predicted octanol–water partition coefficient (Wildman–Crippen LogP) is 1.98. The lowest BCUT2D eigenvalue weighted by Crippen LogP contribution is -2.15. The van der Waals surface area contributed by atoms with Gasteiger partial charge in [-0.3, -0.25) is 0 Å². The van der Waals surface area contributed by atoms with E-state index in [1.807, 2.05) is 6.92 Å². The molecule has 0 amide bonds. The molecule has 1 aromatic heterocycles. The zero-order valence-corrected chi connectivity index (χ0v) is 10.7. The zero-order chi connectivity index (χ0) is 12.4. The van der Waals surface area contributed by atoms with Crippen molar-refractivity contribution >= 4 is 5.82 Å². The van der Waals surface area contributed by atoms with Crippen LogP contribution in [0.25, 0.3) is 0 Å². The monoisotopic (exact) mass is 236 g/mol. The SMILES string of the molecule is Cc1c(NN)nc(C2CC2)nc1OCC(C)C. The summed E-state index contributed by atoms with van der Waals surface area (Å²) < 4.78 is 5.71. The second-order valence-electron chi connectivity index (χ2n) is 4.98. The molecule has 94 valence electrons. The molecule has 1 fully saturated rings. The molecule has 2 rings (SSSR count). The van der Waals surface area contributed by atoms with Crippen molar-refractivity contribution in [2.45, 2.75) is 39.5 Å². The highest BCUT2D eigenvalue weighted by molar-refractivity contribution is 5.48. The minimum absolute atomic E-state index is 0.475. The third-order valence-electron chi connectivity index (χ3n) is 2.75. The molecule has 0 aromatic carbocycles. The van der Waals surface area contributed by atoms with Crippen molar-refractivity contribution in [1.29, 1.82) is 0 Å². The van der Waals surface area contributed by atoms with E-state index in [1.54, 1.807) is 0 Å². The first-order valence-electron chi connectivity index (χ1n) is 6.09. The van der Waals surface area contributed by atoms with Gasteiger partial charge in [-0.2, -0.15) is 4.98 Å². The van der Waals surface area contributed by atoms with E-state index in [9.17, 15) is 0 Å². The van der Waals surface area contributed by atoms with E-state index in [2.05, 4.69) is 29.2 Å². The second-order valence-corrected chi connectivity index (χ2v) is 4.98. The molecule has 1 aliphatic rings. The van der Waals surface area contributed by atoms with Gasteiger partial charge in [0.05, 0.1) is 12.2 Å². The fourth-order valence-corrected chi connectivity index (χ4v) is 1.56. The minimum atomic E-state index is 0.475. The summed E-state index contributed by atoms with van der Waals surface area (Å²) in [7, 11) is 0. The molecule has 1 aliphatic carbocycles. The molecule has 5 heteroatoms. The highest BCUT2D eigenvalue weighted by atomic mass is 16.5. The molecule has 17 heavy (non-hydrogen) atoms. The summed E-state index contributed by atoms with van der Waals surface area (Å²) in [6.45, 7) is 6.80.